The third-order valence-corrected chi connectivity index (χ3v) is 17.8. The van der Waals surface area contributed by atoms with Crippen LogP contribution < -0.4 is 4.74 Å². The van der Waals surface area contributed by atoms with Crippen molar-refractivity contribution in [3.05, 3.63) is 29.3 Å². The van der Waals surface area contributed by atoms with Crippen LogP contribution in [0.2, 0.25) is 18.1 Å². The van der Waals surface area contributed by atoms with Crippen LogP contribution in [-0.2, 0) is 25.2 Å². The van der Waals surface area contributed by atoms with E-state index in [1.807, 2.05) is 11.9 Å². The maximum absolute atomic E-state index is 13.1. The van der Waals surface area contributed by atoms with Crippen LogP contribution in [0.15, 0.2) is 18.2 Å². The van der Waals surface area contributed by atoms with Crippen LogP contribution in [0.1, 0.15) is 135 Å². The number of carbonyl (C=O) groups excluding carboxylic acids is 2. The molecule has 0 aromatic heterocycles. The summed E-state index contributed by atoms with van der Waals surface area (Å²) in [5, 5.41) is 0.146. The van der Waals surface area contributed by atoms with Crippen LogP contribution in [-0.4, -0.2) is 59.0 Å². The van der Waals surface area contributed by atoms with E-state index in [2.05, 4.69) is 65.9 Å². The molecule has 48 heavy (non-hydrogen) atoms. The number of nitrogens with zero attached hydrogens (tertiary/aromatic N) is 1. The smallest absolute Gasteiger partial charge is 0.308 e. The zero-order chi connectivity index (χ0) is 35.3. The van der Waals surface area contributed by atoms with Gasteiger partial charge in [0.25, 0.3) is 0 Å². The van der Waals surface area contributed by atoms with Gasteiger partial charge in [0.2, 0.25) is 5.91 Å². The van der Waals surface area contributed by atoms with E-state index in [9.17, 15) is 9.59 Å². The van der Waals surface area contributed by atoms with Crippen molar-refractivity contribution in [3.63, 3.8) is 0 Å². The van der Waals surface area contributed by atoms with Gasteiger partial charge in [-0.15, -0.1) is 0 Å². The first-order valence-corrected chi connectivity index (χ1v) is 22.2. The Kier molecular flexibility index (Phi) is 13.3. The van der Waals surface area contributed by atoms with Gasteiger partial charge in [0.15, 0.2) is 8.32 Å². The highest BCUT2D eigenvalue weighted by Crippen LogP contribution is 2.64. The van der Waals surface area contributed by atoms with E-state index in [0.29, 0.717) is 30.1 Å². The fourth-order valence-electron chi connectivity index (χ4n) is 9.33. The molecule has 4 rings (SSSR count). The van der Waals surface area contributed by atoms with Crippen molar-refractivity contribution in [2.24, 2.45) is 29.1 Å². The molecule has 0 saturated heterocycles. The molecular formula is C41H69NO5Si. The molecule has 0 heterocycles. The van der Waals surface area contributed by atoms with Crippen LogP contribution in [0, 0.1) is 29.1 Å². The van der Waals surface area contributed by atoms with Crippen LogP contribution in [0.3, 0.4) is 0 Å². The van der Waals surface area contributed by atoms with E-state index in [1.165, 1.54) is 38.4 Å². The van der Waals surface area contributed by atoms with Gasteiger partial charge in [0, 0.05) is 20.0 Å². The van der Waals surface area contributed by atoms with Crippen molar-refractivity contribution in [2.45, 2.75) is 155 Å². The molecule has 1 amide bonds. The number of esters is 1. The van der Waals surface area contributed by atoms with Gasteiger partial charge >= 0.3 is 5.97 Å². The molecule has 0 bridgehead atoms. The number of hydrogen-bond donors (Lipinski definition) is 0. The summed E-state index contributed by atoms with van der Waals surface area (Å²) in [5.74, 6) is 3.43. The molecule has 0 aliphatic heterocycles. The molecule has 2 fully saturated rings. The Morgan fingerprint density at radius 2 is 1.81 bits per heavy atom. The molecule has 1 aromatic rings. The van der Waals surface area contributed by atoms with Gasteiger partial charge in [-0.2, -0.15) is 0 Å². The van der Waals surface area contributed by atoms with Gasteiger partial charge in [-0.25, -0.2) is 0 Å². The minimum Gasteiger partial charge on any atom is -0.497 e. The first-order valence-electron chi connectivity index (χ1n) is 19.3. The van der Waals surface area contributed by atoms with Gasteiger partial charge in [-0.05, 0) is 135 Å². The summed E-state index contributed by atoms with van der Waals surface area (Å²) >= 11 is 0. The summed E-state index contributed by atoms with van der Waals surface area (Å²) in [5.41, 5.74) is 3.19. The van der Waals surface area contributed by atoms with Gasteiger partial charge in [0.05, 0.1) is 26.2 Å². The van der Waals surface area contributed by atoms with Gasteiger partial charge < -0.3 is 18.8 Å². The average molecular weight is 684 g/mol. The summed E-state index contributed by atoms with van der Waals surface area (Å²) in [7, 11) is 3.19. The molecule has 1 unspecified atom stereocenters. The predicted molar refractivity (Wildman–Crippen MR) is 199 cm³/mol. The number of carbonyl (C=O) groups is 2. The lowest BCUT2D eigenvalue weighted by Crippen LogP contribution is -2.51. The second-order valence-corrected chi connectivity index (χ2v) is 22.1. The van der Waals surface area contributed by atoms with Crippen molar-refractivity contribution < 1.29 is 23.5 Å². The number of aryl methyl sites for hydroxylation is 1. The number of ether oxygens (including phenoxy) is 2. The predicted octanol–water partition coefficient (Wildman–Crippen LogP) is 9.95. The van der Waals surface area contributed by atoms with E-state index in [0.717, 1.165) is 70.1 Å². The molecule has 0 N–H and O–H groups in total. The van der Waals surface area contributed by atoms with E-state index < -0.39 is 8.32 Å². The number of amides is 1. The van der Waals surface area contributed by atoms with E-state index in [1.54, 1.807) is 12.7 Å². The van der Waals surface area contributed by atoms with Crippen LogP contribution in [0.4, 0.5) is 0 Å². The maximum Gasteiger partial charge on any atom is 0.308 e. The summed E-state index contributed by atoms with van der Waals surface area (Å²) < 4.78 is 18.4. The fraction of sp³-hybridized carbons (Fsp3) is 0.805. The highest BCUT2D eigenvalue weighted by molar-refractivity contribution is 6.74. The van der Waals surface area contributed by atoms with Gasteiger partial charge in [-0.3, -0.25) is 9.59 Å². The number of methoxy groups -OCH3 is 2. The fourth-order valence-corrected chi connectivity index (χ4v) is 10.8. The lowest BCUT2D eigenvalue weighted by atomic mass is 9.55. The quantitative estimate of drug-likeness (QED) is 0.0986. The van der Waals surface area contributed by atoms with Crippen LogP contribution in [0.5, 0.6) is 5.75 Å². The van der Waals surface area contributed by atoms with Crippen LogP contribution in [0.25, 0.3) is 0 Å². The number of unbranched alkanes of at least 4 members (excludes halogenated alkanes) is 3. The second-order valence-electron chi connectivity index (χ2n) is 17.4. The zero-order valence-corrected chi connectivity index (χ0v) is 33.3. The largest absolute Gasteiger partial charge is 0.497 e. The Labute approximate surface area is 294 Å². The summed E-state index contributed by atoms with van der Waals surface area (Å²) in [6, 6.07) is 6.79. The Morgan fingerprint density at radius 3 is 2.48 bits per heavy atom. The lowest BCUT2D eigenvalue weighted by molar-refractivity contribution is -0.146. The zero-order valence-electron chi connectivity index (χ0n) is 32.3. The first-order chi connectivity index (χ1) is 22.7. The number of rotatable bonds is 16. The molecule has 6 nitrogen and oxygen atoms in total. The Morgan fingerprint density at radius 1 is 1.06 bits per heavy atom. The molecule has 3 aliphatic carbocycles. The SMILES string of the molecule is CCCCN(C)C(=O)CCCCCC(CC[C@@H]1C[C@H]2[C@@H]3CCc4cc(OC)ccc4[C@H]3CC[C@]2(C)[C@H]1O[Si](C)(C)C(C)(C)C)C(=O)OC. The normalized spacial score (nSPS) is 27.4. The van der Waals surface area contributed by atoms with Crippen molar-refractivity contribution in [1.82, 2.24) is 4.90 Å². The molecule has 7 heteroatoms. The molecule has 1 aromatic carbocycles. The molecule has 272 valence electrons. The standard InChI is InChI=1S/C41H69NO5Si/c1-11-12-26-42(6)37(43)17-15-13-14-16-29(39(44)46-8)18-19-31-28-36-35-22-20-30-27-32(45-7)21-23-33(30)34(35)24-25-41(36,5)38(31)47-48(9,10)40(2,3)4/h21,23,27,29,31,34-36,38H,11-20,22,24-26,28H2,1-10H3/t29?,31-,34-,35-,36+,38+,41+/m1/s1. The van der Waals surface area contributed by atoms with E-state index >= 15 is 0 Å². The topological polar surface area (TPSA) is 65.1 Å². The highest BCUT2D eigenvalue weighted by Gasteiger charge is 2.60. The molecule has 2 saturated carbocycles. The third kappa shape index (κ3) is 8.70. The van der Waals surface area contributed by atoms with E-state index in [4.69, 9.17) is 13.9 Å². The highest BCUT2D eigenvalue weighted by atomic mass is 28.4. The molecular weight excluding hydrogens is 615 g/mol. The minimum absolute atomic E-state index is 0.0757. The third-order valence-electron chi connectivity index (χ3n) is 13.4. The second kappa shape index (κ2) is 16.4. The van der Waals surface area contributed by atoms with Gasteiger partial charge in [-0.1, -0.05) is 59.9 Å². The number of hydrogen-bond acceptors (Lipinski definition) is 5. The average Bonchev–Trinajstić information content (AvgIpc) is 3.33. The van der Waals surface area contributed by atoms with Crippen molar-refractivity contribution in [2.75, 3.05) is 27.8 Å². The summed E-state index contributed by atoms with van der Waals surface area (Å²) in [6.45, 7) is 17.5. The Hall–Kier alpha value is -1.86. The lowest BCUT2D eigenvalue weighted by Gasteiger charge is -2.52. The van der Waals surface area contributed by atoms with Crippen molar-refractivity contribution in [1.29, 1.82) is 0 Å². The van der Waals surface area contributed by atoms with Crippen molar-refractivity contribution in [3.8, 4) is 5.75 Å². The summed E-state index contributed by atoms with van der Waals surface area (Å²) in [4.78, 5) is 27.4. The minimum atomic E-state index is -2.02. The first kappa shape index (κ1) is 38.9. The molecule has 0 spiro atoms. The number of benzene rings is 1. The maximum atomic E-state index is 13.1. The summed E-state index contributed by atoms with van der Waals surface area (Å²) in [6.07, 6.45) is 14.5. The van der Waals surface area contributed by atoms with Crippen LogP contribution >= 0.6 is 0 Å². The Balaban J connectivity index is 1.46. The monoisotopic (exact) mass is 683 g/mol. The Bertz CT molecular complexity index is 1230. The molecule has 3 aliphatic rings. The molecule has 0 radical (unpaired) electrons. The van der Waals surface area contributed by atoms with Gasteiger partial charge in [0.1, 0.15) is 5.75 Å². The molecule has 7 atom stereocenters. The number of fused-ring (bicyclic) bond motifs is 5. The van der Waals surface area contributed by atoms with E-state index in [-0.39, 0.29) is 34.4 Å². The van der Waals surface area contributed by atoms with Crippen molar-refractivity contribution >= 4 is 20.2 Å².